The van der Waals surface area contributed by atoms with Crippen molar-refractivity contribution in [2.24, 2.45) is 0 Å². The molecule has 0 bridgehead atoms. The van der Waals surface area contributed by atoms with Crippen molar-refractivity contribution in [3.63, 3.8) is 0 Å². The van der Waals surface area contributed by atoms with Gasteiger partial charge in [0.2, 0.25) is 0 Å². The molecule has 3 aromatic rings. The van der Waals surface area contributed by atoms with E-state index < -0.39 is 0 Å². The number of hydrogen-bond acceptors (Lipinski definition) is 5. The summed E-state index contributed by atoms with van der Waals surface area (Å²) in [4.78, 5) is 8.63. The fourth-order valence-corrected chi connectivity index (χ4v) is 2.87. The first-order valence-electron chi connectivity index (χ1n) is 6.41. The van der Waals surface area contributed by atoms with E-state index in [2.05, 4.69) is 9.97 Å². The van der Waals surface area contributed by atoms with E-state index in [1.54, 1.807) is 23.7 Å². The Morgan fingerprint density at radius 1 is 1.15 bits per heavy atom. The third kappa shape index (κ3) is 2.79. The minimum Gasteiger partial charge on any atom is -0.493 e. The van der Waals surface area contributed by atoms with E-state index in [-0.39, 0.29) is 6.61 Å². The van der Waals surface area contributed by atoms with Crippen LogP contribution in [-0.2, 0) is 0 Å². The molecule has 5 heteroatoms. The maximum absolute atomic E-state index is 8.75. The number of pyridine rings is 1. The molecule has 2 aromatic heterocycles. The maximum atomic E-state index is 8.75. The third-order valence-corrected chi connectivity index (χ3v) is 3.93. The molecule has 0 unspecified atom stereocenters. The fourth-order valence-electron chi connectivity index (χ4n) is 1.87. The van der Waals surface area contributed by atoms with Gasteiger partial charge in [0, 0.05) is 31.0 Å². The van der Waals surface area contributed by atoms with Gasteiger partial charge in [0.1, 0.15) is 10.8 Å². The number of benzene rings is 1. The van der Waals surface area contributed by atoms with Crippen molar-refractivity contribution in [3.8, 4) is 16.3 Å². The van der Waals surface area contributed by atoms with Crippen LogP contribution in [0.5, 0.6) is 5.75 Å². The summed E-state index contributed by atoms with van der Waals surface area (Å²) in [6, 6.07) is 9.78. The number of nitrogens with zero attached hydrogens (tertiary/aromatic N) is 2. The van der Waals surface area contributed by atoms with Gasteiger partial charge in [0.15, 0.2) is 0 Å². The lowest BCUT2D eigenvalue weighted by Gasteiger charge is -2.03. The Labute approximate surface area is 120 Å². The van der Waals surface area contributed by atoms with Gasteiger partial charge in [0.05, 0.1) is 16.8 Å². The Hall–Kier alpha value is -1.98. The topological polar surface area (TPSA) is 55.2 Å². The first-order valence-corrected chi connectivity index (χ1v) is 7.23. The summed E-state index contributed by atoms with van der Waals surface area (Å²) < 4.78 is 6.67. The van der Waals surface area contributed by atoms with Gasteiger partial charge in [-0.15, -0.1) is 11.3 Å². The van der Waals surface area contributed by atoms with E-state index in [9.17, 15) is 0 Å². The highest BCUT2D eigenvalue weighted by Gasteiger charge is 2.07. The predicted octanol–water partition coefficient (Wildman–Crippen LogP) is 3.12. The number of fused-ring (bicyclic) bond motifs is 1. The molecule has 4 nitrogen and oxygen atoms in total. The van der Waals surface area contributed by atoms with Crippen LogP contribution in [0.4, 0.5) is 0 Å². The monoisotopic (exact) mass is 286 g/mol. The van der Waals surface area contributed by atoms with E-state index in [1.165, 1.54) is 0 Å². The second kappa shape index (κ2) is 5.98. The Morgan fingerprint density at radius 2 is 2.00 bits per heavy atom. The van der Waals surface area contributed by atoms with Gasteiger partial charge >= 0.3 is 0 Å². The molecule has 0 amide bonds. The summed E-state index contributed by atoms with van der Waals surface area (Å²) in [5.41, 5.74) is 2.04. The highest BCUT2D eigenvalue weighted by Crippen LogP contribution is 2.31. The number of aliphatic hydroxyl groups excluding tert-OH is 1. The normalized spacial score (nSPS) is 10.8. The zero-order chi connectivity index (χ0) is 13.8. The Bertz CT molecular complexity index is 697. The number of hydrogen-bond donors (Lipinski definition) is 1. The van der Waals surface area contributed by atoms with Crippen LogP contribution in [0, 0.1) is 0 Å². The number of rotatable bonds is 5. The average Bonchev–Trinajstić information content (AvgIpc) is 2.92. The van der Waals surface area contributed by atoms with Crippen LogP contribution in [0.15, 0.2) is 42.7 Å². The number of ether oxygens (including phenoxy) is 1. The molecule has 0 radical (unpaired) electrons. The summed E-state index contributed by atoms with van der Waals surface area (Å²) >= 11 is 1.64. The molecule has 0 aliphatic carbocycles. The summed E-state index contributed by atoms with van der Waals surface area (Å²) in [7, 11) is 0. The van der Waals surface area contributed by atoms with Gasteiger partial charge in [-0.2, -0.15) is 0 Å². The van der Waals surface area contributed by atoms with Crippen LogP contribution in [-0.4, -0.2) is 28.3 Å². The van der Waals surface area contributed by atoms with Crippen molar-refractivity contribution in [2.45, 2.75) is 6.42 Å². The maximum Gasteiger partial charge on any atom is 0.124 e. The minimum atomic E-state index is 0.148. The van der Waals surface area contributed by atoms with Crippen LogP contribution in [0.1, 0.15) is 6.42 Å². The van der Waals surface area contributed by atoms with Crippen molar-refractivity contribution in [1.29, 1.82) is 0 Å². The summed E-state index contributed by atoms with van der Waals surface area (Å²) in [5.74, 6) is 0.816. The lowest BCUT2D eigenvalue weighted by Crippen LogP contribution is -1.99. The highest BCUT2D eigenvalue weighted by atomic mass is 32.1. The molecule has 20 heavy (non-hydrogen) atoms. The van der Waals surface area contributed by atoms with Crippen LogP contribution in [0.3, 0.4) is 0 Å². The SMILES string of the molecule is OCCCOc1ccc2nc(-c3ccncc3)sc2c1. The van der Waals surface area contributed by atoms with Crippen LogP contribution < -0.4 is 4.74 Å². The zero-order valence-corrected chi connectivity index (χ0v) is 11.6. The van der Waals surface area contributed by atoms with Gasteiger partial charge < -0.3 is 9.84 Å². The molecular formula is C15H14N2O2S. The third-order valence-electron chi connectivity index (χ3n) is 2.86. The quantitative estimate of drug-likeness (QED) is 0.732. The van der Waals surface area contributed by atoms with E-state index >= 15 is 0 Å². The summed E-state index contributed by atoms with van der Waals surface area (Å²) in [6.07, 6.45) is 4.18. The van der Waals surface area contributed by atoms with E-state index in [0.29, 0.717) is 13.0 Å². The minimum absolute atomic E-state index is 0.148. The van der Waals surface area contributed by atoms with Crippen molar-refractivity contribution in [3.05, 3.63) is 42.7 Å². The van der Waals surface area contributed by atoms with Crippen LogP contribution in [0.25, 0.3) is 20.8 Å². The average molecular weight is 286 g/mol. The molecule has 0 aliphatic rings. The standard InChI is InChI=1S/C15H14N2O2S/c18-8-1-9-19-12-2-3-13-14(10-12)20-15(17-13)11-4-6-16-7-5-11/h2-7,10,18H,1,8-9H2. The number of aliphatic hydroxyl groups is 1. The van der Waals surface area contributed by atoms with Gasteiger partial charge in [0.25, 0.3) is 0 Å². The molecule has 102 valence electrons. The molecule has 1 aromatic carbocycles. The molecule has 0 fully saturated rings. The van der Waals surface area contributed by atoms with E-state index in [1.807, 2.05) is 30.3 Å². The van der Waals surface area contributed by atoms with Crippen molar-refractivity contribution in [2.75, 3.05) is 13.2 Å². The van der Waals surface area contributed by atoms with Crippen LogP contribution >= 0.6 is 11.3 Å². The smallest absolute Gasteiger partial charge is 0.124 e. The molecule has 0 spiro atoms. The summed E-state index contributed by atoms with van der Waals surface area (Å²) in [6.45, 7) is 0.674. The molecule has 0 saturated heterocycles. The fraction of sp³-hybridized carbons (Fsp3) is 0.200. The lowest BCUT2D eigenvalue weighted by atomic mass is 10.3. The Morgan fingerprint density at radius 3 is 2.80 bits per heavy atom. The second-order valence-electron chi connectivity index (χ2n) is 4.31. The first-order chi connectivity index (χ1) is 9.86. The van der Waals surface area contributed by atoms with Crippen LogP contribution in [0.2, 0.25) is 0 Å². The molecule has 2 heterocycles. The number of aromatic nitrogens is 2. The van der Waals surface area contributed by atoms with Crippen molar-refractivity contribution < 1.29 is 9.84 Å². The van der Waals surface area contributed by atoms with Gasteiger partial charge in [-0.05, 0) is 30.3 Å². The van der Waals surface area contributed by atoms with Gasteiger partial charge in [-0.1, -0.05) is 0 Å². The second-order valence-corrected chi connectivity index (χ2v) is 5.34. The Balaban J connectivity index is 1.88. The van der Waals surface area contributed by atoms with E-state index in [4.69, 9.17) is 9.84 Å². The highest BCUT2D eigenvalue weighted by molar-refractivity contribution is 7.21. The van der Waals surface area contributed by atoms with Crippen molar-refractivity contribution in [1.82, 2.24) is 9.97 Å². The van der Waals surface area contributed by atoms with E-state index in [0.717, 1.165) is 26.5 Å². The lowest BCUT2D eigenvalue weighted by molar-refractivity contribution is 0.234. The molecule has 3 rings (SSSR count). The predicted molar refractivity (Wildman–Crippen MR) is 80.0 cm³/mol. The molecule has 0 atom stereocenters. The largest absolute Gasteiger partial charge is 0.493 e. The summed E-state index contributed by atoms with van der Waals surface area (Å²) in [5, 5.41) is 9.73. The molecular weight excluding hydrogens is 272 g/mol. The van der Waals surface area contributed by atoms with Crippen molar-refractivity contribution >= 4 is 21.6 Å². The zero-order valence-electron chi connectivity index (χ0n) is 10.8. The Kier molecular flexibility index (Phi) is 3.90. The van der Waals surface area contributed by atoms with Gasteiger partial charge in [-0.3, -0.25) is 4.98 Å². The molecule has 0 aliphatic heterocycles. The molecule has 1 N–H and O–H groups in total. The number of thiazole rings is 1. The van der Waals surface area contributed by atoms with Gasteiger partial charge in [-0.25, -0.2) is 4.98 Å². The first kappa shape index (κ1) is 13.0. The molecule has 0 saturated carbocycles.